The van der Waals surface area contributed by atoms with Crippen LogP contribution in [0.25, 0.3) is 11.2 Å². The number of fused-ring (bicyclic) bond motifs is 1. The summed E-state index contributed by atoms with van der Waals surface area (Å²) in [6.07, 6.45) is -0.419. The first kappa shape index (κ1) is 18.0. The molecule has 5 rings (SSSR count). The Labute approximate surface area is 165 Å². The predicted molar refractivity (Wildman–Crippen MR) is 99.6 cm³/mol. The van der Waals surface area contributed by atoms with Gasteiger partial charge in [0.1, 0.15) is 36.3 Å². The fourth-order valence-corrected chi connectivity index (χ4v) is 3.86. The van der Waals surface area contributed by atoms with E-state index in [1.54, 1.807) is 28.8 Å². The molecule has 2 aromatic heterocycles. The van der Waals surface area contributed by atoms with Crippen molar-refractivity contribution >= 4 is 22.8 Å². The van der Waals surface area contributed by atoms with E-state index in [0.29, 0.717) is 27.7 Å². The van der Waals surface area contributed by atoms with Gasteiger partial charge in [-0.15, -0.1) is 0 Å². The van der Waals surface area contributed by atoms with Gasteiger partial charge in [0.25, 0.3) is 0 Å². The molecule has 146 valence electrons. The normalized spacial score (nSPS) is 28.7. The molecule has 1 aromatic carbocycles. The summed E-state index contributed by atoms with van der Waals surface area (Å²) in [5.41, 5.74) is 2.65. The Hall–Kier alpha value is -2.10. The number of ether oxygens (including phenoxy) is 1. The highest BCUT2D eigenvalue weighted by molar-refractivity contribution is 6.30. The molecule has 3 heterocycles. The minimum atomic E-state index is -1.28. The minimum absolute atomic E-state index is 0.397. The molecule has 3 aromatic rings. The summed E-state index contributed by atoms with van der Waals surface area (Å²) in [7, 11) is 0. The smallest absolute Gasteiger partial charge is 0.165 e. The van der Waals surface area contributed by atoms with Crippen molar-refractivity contribution in [3.63, 3.8) is 0 Å². The van der Waals surface area contributed by atoms with E-state index in [0.717, 1.165) is 18.5 Å². The van der Waals surface area contributed by atoms with Crippen LogP contribution in [-0.4, -0.2) is 53.2 Å². The van der Waals surface area contributed by atoms with Crippen LogP contribution >= 0.6 is 11.6 Å². The number of hydrogen-bond acceptors (Lipinski definition) is 7. The molecule has 0 unspecified atom stereocenters. The number of halogens is 1. The summed E-state index contributed by atoms with van der Waals surface area (Å²) in [5.74, 6) is 0.397. The number of aliphatic hydroxyl groups excluding tert-OH is 3. The summed E-state index contributed by atoms with van der Waals surface area (Å²) in [6, 6.07) is 6.61. The average Bonchev–Trinajstić information content (AvgIpc) is 3.40. The van der Waals surface area contributed by atoms with Crippen LogP contribution in [0, 0.1) is 0 Å². The average molecular weight is 403 g/mol. The first-order chi connectivity index (χ1) is 13.5. The fourth-order valence-electron chi connectivity index (χ4n) is 3.74. The lowest BCUT2D eigenvalue weighted by atomic mass is 9.99. The summed E-state index contributed by atoms with van der Waals surface area (Å²) in [4.78, 5) is 13.0. The van der Waals surface area contributed by atoms with Crippen LogP contribution < -0.4 is 0 Å². The van der Waals surface area contributed by atoms with Gasteiger partial charge in [0, 0.05) is 10.9 Å². The number of benzene rings is 1. The molecule has 0 bridgehead atoms. The predicted octanol–water partition coefficient (Wildman–Crippen LogP) is 1.71. The van der Waals surface area contributed by atoms with Crippen LogP contribution in [0.5, 0.6) is 0 Å². The molecule has 1 saturated carbocycles. The molecule has 0 spiro atoms. The summed E-state index contributed by atoms with van der Waals surface area (Å²) >= 11 is 5.89. The maximum Gasteiger partial charge on any atom is 0.165 e. The zero-order valence-electron chi connectivity index (χ0n) is 14.8. The van der Waals surface area contributed by atoms with E-state index in [9.17, 15) is 15.3 Å². The van der Waals surface area contributed by atoms with Gasteiger partial charge in [-0.2, -0.15) is 0 Å². The summed E-state index contributed by atoms with van der Waals surface area (Å²) in [6.45, 7) is 0. The van der Waals surface area contributed by atoms with Crippen LogP contribution in [0.2, 0.25) is 5.02 Å². The molecule has 3 N–H and O–H groups in total. The second-order valence-electron chi connectivity index (χ2n) is 7.33. The number of rotatable bonds is 4. The molecular formula is C19H19ClN4O4. The van der Waals surface area contributed by atoms with E-state index in [-0.39, 0.29) is 0 Å². The summed E-state index contributed by atoms with van der Waals surface area (Å²) < 4.78 is 7.47. The lowest BCUT2D eigenvalue weighted by Gasteiger charge is -2.21. The molecule has 1 saturated heterocycles. The minimum Gasteiger partial charge on any atom is -0.387 e. The maximum absolute atomic E-state index is 10.7. The molecular weight excluding hydrogens is 384 g/mol. The SMILES string of the molecule is O[C@@H]1[C@H](O)[C@@H]([C@H](O)c2ccc(Cl)cc2)O[C@H]1n1cnc2c(C3CC3)ncnc21. The largest absolute Gasteiger partial charge is 0.387 e. The van der Waals surface area contributed by atoms with Crippen molar-refractivity contribution in [2.45, 2.75) is 49.4 Å². The zero-order valence-corrected chi connectivity index (χ0v) is 15.5. The third-order valence-corrected chi connectivity index (χ3v) is 5.68. The van der Waals surface area contributed by atoms with Crippen molar-refractivity contribution in [3.8, 4) is 0 Å². The lowest BCUT2D eigenvalue weighted by Crippen LogP contribution is -2.34. The first-order valence-corrected chi connectivity index (χ1v) is 9.55. The van der Waals surface area contributed by atoms with Gasteiger partial charge in [-0.3, -0.25) is 4.57 Å². The topological polar surface area (TPSA) is 114 Å². The monoisotopic (exact) mass is 402 g/mol. The molecule has 0 amide bonds. The van der Waals surface area contributed by atoms with Crippen LogP contribution in [0.1, 0.15) is 42.3 Å². The van der Waals surface area contributed by atoms with Gasteiger partial charge in [0.15, 0.2) is 11.9 Å². The highest BCUT2D eigenvalue weighted by Crippen LogP contribution is 2.42. The highest BCUT2D eigenvalue weighted by atomic mass is 35.5. The third-order valence-electron chi connectivity index (χ3n) is 5.42. The quantitative estimate of drug-likeness (QED) is 0.608. The van der Waals surface area contributed by atoms with Crippen molar-refractivity contribution in [1.29, 1.82) is 0 Å². The molecule has 1 aliphatic carbocycles. The molecule has 2 aliphatic rings. The van der Waals surface area contributed by atoms with E-state index in [1.165, 1.54) is 12.7 Å². The lowest BCUT2D eigenvalue weighted by molar-refractivity contribution is -0.0849. The Morgan fingerprint density at radius 2 is 1.82 bits per heavy atom. The number of aliphatic hydroxyl groups is 3. The Kier molecular flexibility index (Phi) is 4.33. The molecule has 2 fully saturated rings. The van der Waals surface area contributed by atoms with E-state index in [4.69, 9.17) is 16.3 Å². The Balaban J connectivity index is 1.46. The summed E-state index contributed by atoms with van der Waals surface area (Å²) in [5, 5.41) is 32.3. The van der Waals surface area contributed by atoms with Gasteiger partial charge in [0.2, 0.25) is 0 Å². The molecule has 9 heteroatoms. The van der Waals surface area contributed by atoms with Crippen molar-refractivity contribution in [2.75, 3.05) is 0 Å². The van der Waals surface area contributed by atoms with E-state index in [2.05, 4.69) is 15.0 Å². The zero-order chi connectivity index (χ0) is 19.4. The van der Waals surface area contributed by atoms with Gasteiger partial charge < -0.3 is 20.1 Å². The fraction of sp³-hybridized carbons (Fsp3) is 0.421. The standard InChI is InChI=1S/C19H19ClN4O4/c20-11-5-3-10(4-6-11)14(25)17-15(26)16(27)19(28-17)24-8-23-13-12(9-1-2-9)21-7-22-18(13)24/h3-9,14-17,19,25-27H,1-2H2/t14-,15+,16-,17-,19-/m1/s1. The first-order valence-electron chi connectivity index (χ1n) is 9.17. The molecule has 5 atom stereocenters. The van der Waals surface area contributed by atoms with Gasteiger partial charge in [-0.05, 0) is 30.5 Å². The van der Waals surface area contributed by atoms with Gasteiger partial charge in [-0.25, -0.2) is 15.0 Å². The van der Waals surface area contributed by atoms with Crippen molar-refractivity contribution in [1.82, 2.24) is 19.5 Å². The number of nitrogens with zero attached hydrogens (tertiary/aromatic N) is 4. The van der Waals surface area contributed by atoms with Gasteiger partial charge in [0.05, 0.1) is 12.0 Å². The van der Waals surface area contributed by atoms with E-state index < -0.39 is 30.6 Å². The van der Waals surface area contributed by atoms with Gasteiger partial charge in [-0.1, -0.05) is 23.7 Å². The van der Waals surface area contributed by atoms with E-state index >= 15 is 0 Å². The number of aromatic nitrogens is 4. The molecule has 1 aliphatic heterocycles. The van der Waals surface area contributed by atoms with Crippen molar-refractivity contribution < 1.29 is 20.1 Å². The third kappa shape index (κ3) is 2.89. The molecule has 0 radical (unpaired) electrons. The number of hydrogen-bond donors (Lipinski definition) is 3. The second-order valence-corrected chi connectivity index (χ2v) is 7.76. The maximum atomic E-state index is 10.7. The van der Waals surface area contributed by atoms with Crippen molar-refractivity contribution in [2.24, 2.45) is 0 Å². The highest BCUT2D eigenvalue weighted by Gasteiger charge is 2.47. The molecule has 28 heavy (non-hydrogen) atoms. The Morgan fingerprint density at radius 1 is 1.07 bits per heavy atom. The Morgan fingerprint density at radius 3 is 2.54 bits per heavy atom. The van der Waals surface area contributed by atoms with Crippen LogP contribution in [0.15, 0.2) is 36.9 Å². The van der Waals surface area contributed by atoms with Gasteiger partial charge >= 0.3 is 0 Å². The van der Waals surface area contributed by atoms with Crippen LogP contribution in [0.4, 0.5) is 0 Å². The van der Waals surface area contributed by atoms with E-state index in [1.807, 2.05) is 0 Å². The Bertz CT molecular complexity index is 1010. The van der Waals surface area contributed by atoms with Crippen molar-refractivity contribution in [3.05, 3.63) is 53.2 Å². The van der Waals surface area contributed by atoms with Crippen LogP contribution in [-0.2, 0) is 4.74 Å². The van der Waals surface area contributed by atoms with Crippen LogP contribution in [0.3, 0.4) is 0 Å². The molecule has 8 nitrogen and oxygen atoms in total. The second kappa shape index (κ2) is 6.75. The number of imidazole rings is 1.